The van der Waals surface area contributed by atoms with E-state index in [4.69, 9.17) is 14.2 Å². The zero-order valence-electron chi connectivity index (χ0n) is 40.9. The number of carbonyl (C=O) groups excluding carboxylic acids is 3. The number of unbranched alkanes of at least 4 members (excludes halogenated alkanes) is 27. The van der Waals surface area contributed by atoms with Crippen molar-refractivity contribution in [1.29, 1.82) is 0 Å². The van der Waals surface area contributed by atoms with Crippen molar-refractivity contribution in [2.75, 3.05) is 13.2 Å². The van der Waals surface area contributed by atoms with E-state index in [0.717, 1.165) is 89.9 Å². The minimum absolute atomic E-state index is 0.0892. The second kappa shape index (κ2) is 50.8. The van der Waals surface area contributed by atoms with Crippen LogP contribution in [0.25, 0.3) is 0 Å². The van der Waals surface area contributed by atoms with Crippen LogP contribution in [0.15, 0.2) is 60.8 Å². The van der Waals surface area contributed by atoms with Gasteiger partial charge in [0, 0.05) is 19.3 Å². The summed E-state index contributed by atoms with van der Waals surface area (Å²) in [5, 5.41) is 0. The molecule has 0 radical (unpaired) electrons. The molecule has 1 unspecified atom stereocenters. The Labute approximate surface area is 383 Å². The van der Waals surface area contributed by atoms with E-state index in [1.165, 1.54) is 128 Å². The van der Waals surface area contributed by atoms with Crippen LogP contribution in [0.4, 0.5) is 0 Å². The summed E-state index contributed by atoms with van der Waals surface area (Å²) in [7, 11) is 0. The first kappa shape index (κ1) is 59.1. The molecule has 0 spiro atoms. The molecule has 0 aromatic heterocycles. The lowest BCUT2D eigenvalue weighted by atomic mass is 10.0. The van der Waals surface area contributed by atoms with Gasteiger partial charge in [0.05, 0.1) is 0 Å². The predicted octanol–water partition coefficient (Wildman–Crippen LogP) is 17.3. The van der Waals surface area contributed by atoms with Gasteiger partial charge in [0.2, 0.25) is 0 Å². The molecule has 0 rings (SSSR count). The summed E-state index contributed by atoms with van der Waals surface area (Å²) in [6, 6.07) is 0. The maximum atomic E-state index is 12.8. The maximum absolute atomic E-state index is 12.8. The Balaban J connectivity index is 4.39. The Hall–Kier alpha value is -2.89. The van der Waals surface area contributed by atoms with Crippen LogP contribution in [-0.2, 0) is 28.6 Å². The van der Waals surface area contributed by atoms with Gasteiger partial charge in [-0.05, 0) is 77.0 Å². The third-order valence-electron chi connectivity index (χ3n) is 11.3. The summed E-state index contributed by atoms with van der Waals surface area (Å²) in [6.07, 6.45) is 62.1. The third kappa shape index (κ3) is 48.1. The highest BCUT2D eigenvalue weighted by molar-refractivity contribution is 5.71. The molecule has 6 heteroatoms. The fraction of sp³-hybridized carbons (Fsp3) is 0.768. The molecule has 358 valence electrons. The van der Waals surface area contributed by atoms with Crippen LogP contribution < -0.4 is 0 Å². The summed E-state index contributed by atoms with van der Waals surface area (Å²) in [6.45, 7) is 6.46. The molecule has 0 saturated carbocycles. The molecule has 0 aliphatic rings. The Morgan fingerprint density at radius 1 is 0.355 bits per heavy atom. The fourth-order valence-electron chi connectivity index (χ4n) is 7.33. The smallest absolute Gasteiger partial charge is 0.306 e. The molecule has 0 fully saturated rings. The fourth-order valence-corrected chi connectivity index (χ4v) is 7.33. The molecule has 0 saturated heterocycles. The molecule has 0 bridgehead atoms. The largest absolute Gasteiger partial charge is 0.462 e. The van der Waals surface area contributed by atoms with Gasteiger partial charge in [0.1, 0.15) is 13.2 Å². The minimum Gasteiger partial charge on any atom is -0.462 e. The standard InChI is InChI=1S/C56H98O6/c1-4-7-10-13-16-19-22-25-27-28-30-31-34-37-40-43-46-49-55(58)61-52-53(51-60-54(57)48-45-42-39-36-33-24-21-18-15-12-9-6-3)62-56(59)50-47-44-41-38-35-32-29-26-23-20-17-14-11-8-5-2/h9,12,17-18,20-21,23,26,33,36,53H,4-8,10-11,13-16,19,22,24-25,27-32,34-35,37-52H2,1-3H3/b12-9-,20-17-,21-18-,26-23-,36-33-. The van der Waals surface area contributed by atoms with Crippen LogP contribution in [0.1, 0.15) is 258 Å². The highest BCUT2D eigenvalue weighted by Crippen LogP contribution is 2.16. The van der Waals surface area contributed by atoms with Gasteiger partial charge in [-0.2, -0.15) is 0 Å². The number of rotatable bonds is 47. The van der Waals surface area contributed by atoms with Crippen molar-refractivity contribution < 1.29 is 28.6 Å². The van der Waals surface area contributed by atoms with Crippen LogP contribution in [0.3, 0.4) is 0 Å². The average molecular weight is 867 g/mol. The highest BCUT2D eigenvalue weighted by atomic mass is 16.6. The molecular formula is C56H98O6. The summed E-state index contributed by atoms with van der Waals surface area (Å²) in [4.78, 5) is 38.0. The van der Waals surface area contributed by atoms with Crippen molar-refractivity contribution in [3.8, 4) is 0 Å². The van der Waals surface area contributed by atoms with E-state index in [0.29, 0.717) is 19.3 Å². The summed E-state index contributed by atoms with van der Waals surface area (Å²) in [5.74, 6) is -0.936. The Bertz CT molecular complexity index is 1130. The Kier molecular flexibility index (Phi) is 48.4. The Morgan fingerprint density at radius 3 is 1.15 bits per heavy atom. The SMILES string of the molecule is CC/C=C\C/C=C\C/C=C\CCCCC(=O)OCC(COC(=O)CCCCCCCCCCCCCCCCCCC)OC(=O)CCCCCCCC/C=C\C=C/CCCCC. The molecule has 0 amide bonds. The van der Waals surface area contributed by atoms with E-state index in [9.17, 15) is 14.4 Å². The first-order chi connectivity index (χ1) is 30.5. The van der Waals surface area contributed by atoms with Gasteiger partial charge < -0.3 is 14.2 Å². The van der Waals surface area contributed by atoms with E-state index >= 15 is 0 Å². The normalized spacial score (nSPS) is 12.5. The third-order valence-corrected chi connectivity index (χ3v) is 11.3. The molecule has 0 aromatic rings. The number of esters is 3. The molecule has 0 N–H and O–H groups in total. The van der Waals surface area contributed by atoms with Gasteiger partial charge in [0.25, 0.3) is 0 Å². The minimum atomic E-state index is -0.793. The van der Waals surface area contributed by atoms with Crippen molar-refractivity contribution >= 4 is 17.9 Å². The van der Waals surface area contributed by atoms with Crippen LogP contribution in [0, 0.1) is 0 Å². The molecule has 62 heavy (non-hydrogen) atoms. The molecule has 0 aromatic carbocycles. The van der Waals surface area contributed by atoms with E-state index in [-0.39, 0.29) is 31.1 Å². The average Bonchev–Trinajstić information content (AvgIpc) is 3.27. The lowest BCUT2D eigenvalue weighted by Gasteiger charge is -2.18. The van der Waals surface area contributed by atoms with Gasteiger partial charge >= 0.3 is 17.9 Å². The monoisotopic (exact) mass is 867 g/mol. The van der Waals surface area contributed by atoms with Gasteiger partial charge in [-0.15, -0.1) is 0 Å². The Morgan fingerprint density at radius 2 is 0.677 bits per heavy atom. The number of hydrogen-bond acceptors (Lipinski definition) is 6. The molecule has 0 aliphatic heterocycles. The van der Waals surface area contributed by atoms with E-state index in [2.05, 4.69) is 81.5 Å². The first-order valence-electron chi connectivity index (χ1n) is 26.3. The van der Waals surface area contributed by atoms with Gasteiger partial charge in [-0.25, -0.2) is 0 Å². The number of ether oxygens (including phenoxy) is 3. The predicted molar refractivity (Wildman–Crippen MR) is 265 cm³/mol. The number of hydrogen-bond donors (Lipinski definition) is 0. The lowest BCUT2D eigenvalue weighted by molar-refractivity contribution is -0.167. The van der Waals surface area contributed by atoms with E-state index < -0.39 is 6.10 Å². The lowest BCUT2D eigenvalue weighted by Crippen LogP contribution is -2.30. The maximum Gasteiger partial charge on any atom is 0.306 e. The molecule has 0 heterocycles. The topological polar surface area (TPSA) is 78.9 Å². The molecule has 6 nitrogen and oxygen atoms in total. The second-order valence-electron chi connectivity index (χ2n) is 17.4. The van der Waals surface area contributed by atoms with Crippen LogP contribution in [0.5, 0.6) is 0 Å². The zero-order valence-corrected chi connectivity index (χ0v) is 40.9. The van der Waals surface area contributed by atoms with Crippen molar-refractivity contribution in [1.82, 2.24) is 0 Å². The van der Waals surface area contributed by atoms with Crippen LogP contribution in [0.2, 0.25) is 0 Å². The van der Waals surface area contributed by atoms with Crippen LogP contribution >= 0.6 is 0 Å². The van der Waals surface area contributed by atoms with Gasteiger partial charge in [0.15, 0.2) is 6.10 Å². The first-order valence-corrected chi connectivity index (χ1v) is 26.3. The van der Waals surface area contributed by atoms with Crippen molar-refractivity contribution in [2.24, 2.45) is 0 Å². The zero-order chi connectivity index (χ0) is 45.1. The van der Waals surface area contributed by atoms with Crippen molar-refractivity contribution in [3.63, 3.8) is 0 Å². The molecule has 1 atom stereocenters. The van der Waals surface area contributed by atoms with Gasteiger partial charge in [-0.1, -0.05) is 223 Å². The highest BCUT2D eigenvalue weighted by Gasteiger charge is 2.19. The molecule has 0 aliphatic carbocycles. The quantitative estimate of drug-likeness (QED) is 0.0199. The second-order valence-corrected chi connectivity index (χ2v) is 17.4. The summed E-state index contributed by atoms with van der Waals surface area (Å²) in [5.41, 5.74) is 0. The van der Waals surface area contributed by atoms with E-state index in [1.54, 1.807) is 0 Å². The van der Waals surface area contributed by atoms with Gasteiger partial charge in [-0.3, -0.25) is 14.4 Å². The number of allylic oxidation sites excluding steroid dienone is 10. The van der Waals surface area contributed by atoms with E-state index in [1.807, 2.05) is 0 Å². The van der Waals surface area contributed by atoms with Crippen molar-refractivity contribution in [2.45, 2.75) is 264 Å². The molecular weight excluding hydrogens is 769 g/mol. The van der Waals surface area contributed by atoms with Crippen molar-refractivity contribution in [3.05, 3.63) is 60.8 Å². The number of carbonyl (C=O) groups is 3. The summed E-state index contributed by atoms with van der Waals surface area (Å²) < 4.78 is 16.8. The van der Waals surface area contributed by atoms with Crippen LogP contribution in [-0.4, -0.2) is 37.2 Å². The summed E-state index contributed by atoms with van der Waals surface area (Å²) >= 11 is 0.